The van der Waals surface area contributed by atoms with Gasteiger partial charge in [-0.05, 0) is 56.9 Å². The molecular weight excluding hydrogens is 510 g/mol. The van der Waals surface area contributed by atoms with Crippen LogP contribution in [0.25, 0.3) is 0 Å². The van der Waals surface area contributed by atoms with E-state index >= 15 is 0 Å². The molecule has 8 heteroatoms. The highest BCUT2D eigenvalue weighted by Gasteiger charge is 2.33. The number of anilines is 1. The maximum atomic E-state index is 14.1. The number of aryl methyl sites for hydroxylation is 3. The van der Waals surface area contributed by atoms with Crippen LogP contribution in [0, 0.1) is 20.8 Å². The first kappa shape index (κ1) is 29.9. The summed E-state index contributed by atoms with van der Waals surface area (Å²) < 4.78 is 27.2. The second-order valence-electron chi connectivity index (χ2n) is 10.4. The van der Waals surface area contributed by atoms with Crippen LogP contribution in [-0.4, -0.2) is 50.0 Å². The van der Waals surface area contributed by atoms with Crippen LogP contribution in [0.5, 0.6) is 0 Å². The van der Waals surface area contributed by atoms with Crippen LogP contribution in [0.1, 0.15) is 41.7 Å². The van der Waals surface area contributed by atoms with E-state index in [9.17, 15) is 18.0 Å². The minimum Gasteiger partial charge on any atom is -0.352 e. The van der Waals surface area contributed by atoms with Gasteiger partial charge in [-0.2, -0.15) is 0 Å². The summed E-state index contributed by atoms with van der Waals surface area (Å²) in [5.74, 6) is -0.739. The van der Waals surface area contributed by atoms with Gasteiger partial charge >= 0.3 is 0 Å². The van der Waals surface area contributed by atoms with Crippen LogP contribution < -0.4 is 9.62 Å². The first-order valence-corrected chi connectivity index (χ1v) is 14.9. The predicted molar refractivity (Wildman–Crippen MR) is 157 cm³/mol. The Bertz CT molecular complexity index is 1380. The summed E-state index contributed by atoms with van der Waals surface area (Å²) in [6.45, 7) is 9.10. The molecule has 0 aromatic heterocycles. The van der Waals surface area contributed by atoms with Crippen LogP contribution in [0.4, 0.5) is 5.69 Å². The molecule has 0 fully saturated rings. The Kier molecular flexibility index (Phi) is 9.92. The lowest BCUT2D eigenvalue weighted by Crippen LogP contribution is -2.54. The highest BCUT2D eigenvalue weighted by molar-refractivity contribution is 7.92. The monoisotopic (exact) mass is 549 g/mol. The molecule has 1 N–H and O–H groups in total. The summed E-state index contributed by atoms with van der Waals surface area (Å²) in [5, 5.41) is 2.96. The van der Waals surface area contributed by atoms with Gasteiger partial charge in [-0.25, -0.2) is 8.42 Å². The zero-order valence-electron chi connectivity index (χ0n) is 23.6. The van der Waals surface area contributed by atoms with Crippen LogP contribution in [0.2, 0.25) is 0 Å². The fourth-order valence-corrected chi connectivity index (χ4v) is 5.68. The van der Waals surface area contributed by atoms with Gasteiger partial charge in [-0.3, -0.25) is 13.9 Å². The van der Waals surface area contributed by atoms with E-state index in [1.54, 1.807) is 0 Å². The van der Waals surface area contributed by atoms with Gasteiger partial charge in [0.15, 0.2) is 0 Å². The molecule has 0 aliphatic rings. The first-order chi connectivity index (χ1) is 18.4. The molecule has 3 rings (SSSR count). The number of rotatable bonds is 11. The largest absolute Gasteiger partial charge is 0.352 e. The zero-order valence-corrected chi connectivity index (χ0v) is 24.5. The predicted octanol–water partition coefficient (Wildman–Crippen LogP) is 4.54. The molecule has 0 heterocycles. The van der Waals surface area contributed by atoms with Gasteiger partial charge in [0.05, 0.1) is 11.9 Å². The van der Waals surface area contributed by atoms with Gasteiger partial charge in [0.1, 0.15) is 12.6 Å². The summed E-state index contributed by atoms with van der Waals surface area (Å²) in [4.78, 5) is 29.3. The molecule has 0 bridgehead atoms. The molecule has 0 radical (unpaired) electrons. The van der Waals surface area contributed by atoms with E-state index in [0.717, 1.165) is 38.4 Å². The maximum Gasteiger partial charge on any atom is 0.244 e. The number of carbonyl (C=O) groups excluding carboxylic acids is 2. The molecule has 2 amide bonds. The fourth-order valence-electron chi connectivity index (χ4n) is 4.72. The van der Waals surface area contributed by atoms with E-state index in [2.05, 4.69) is 5.32 Å². The van der Waals surface area contributed by atoms with Crippen LogP contribution in [0.3, 0.4) is 0 Å². The summed E-state index contributed by atoms with van der Waals surface area (Å²) in [7, 11) is -3.81. The molecule has 0 saturated carbocycles. The number of carbonyl (C=O) groups is 2. The smallest absolute Gasteiger partial charge is 0.244 e. The summed E-state index contributed by atoms with van der Waals surface area (Å²) in [6.07, 6.45) is 1.39. The molecule has 1 atom stereocenters. The van der Waals surface area contributed by atoms with Crippen molar-refractivity contribution < 1.29 is 18.0 Å². The Balaban J connectivity index is 2.09. The van der Waals surface area contributed by atoms with Crippen molar-refractivity contribution in [2.45, 2.75) is 59.7 Å². The lowest BCUT2D eigenvalue weighted by atomic mass is 10.0. The van der Waals surface area contributed by atoms with Crippen molar-refractivity contribution in [2.75, 3.05) is 17.1 Å². The third-order valence-electron chi connectivity index (χ3n) is 6.51. The second-order valence-corrected chi connectivity index (χ2v) is 12.3. The standard InChI is InChI=1S/C31H39N3O4S/c1-22(2)32-31(36)28(19-26-15-8-7-9-16-26)33(20-27-17-10-12-23(3)18-27)29(35)21-34(39(6,37)38)30-24(4)13-11-14-25(30)5/h7-18,22,28H,19-21H2,1-6H3,(H,32,36)/t28-/m1/s1. The molecule has 0 spiro atoms. The zero-order chi connectivity index (χ0) is 28.7. The highest BCUT2D eigenvalue weighted by atomic mass is 32.2. The number of para-hydroxylation sites is 1. The Morgan fingerprint density at radius 2 is 1.44 bits per heavy atom. The lowest BCUT2D eigenvalue weighted by Gasteiger charge is -2.34. The Morgan fingerprint density at radius 3 is 2.00 bits per heavy atom. The molecule has 0 saturated heterocycles. The van der Waals surface area contributed by atoms with Gasteiger partial charge in [0.2, 0.25) is 21.8 Å². The normalized spacial score (nSPS) is 12.2. The maximum absolute atomic E-state index is 14.1. The van der Waals surface area contributed by atoms with E-state index in [-0.39, 0.29) is 18.5 Å². The quantitative estimate of drug-likeness (QED) is 0.380. The van der Waals surface area contributed by atoms with E-state index in [1.165, 1.54) is 4.90 Å². The van der Waals surface area contributed by atoms with Crippen molar-refractivity contribution in [3.8, 4) is 0 Å². The average molecular weight is 550 g/mol. The molecular formula is C31H39N3O4S. The van der Waals surface area contributed by atoms with Gasteiger partial charge in [0, 0.05) is 19.0 Å². The molecule has 39 heavy (non-hydrogen) atoms. The highest BCUT2D eigenvalue weighted by Crippen LogP contribution is 2.27. The summed E-state index contributed by atoms with van der Waals surface area (Å²) in [5.41, 5.74) is 4.76. The number of hydrogen-bond acceptors (Lipinski definition) is 4. The van der Waals surface area contributed by atoms with Crippen LogP contribution in [-0.2, 0) is 32.6 Å². The lowest BCUT2D eigenvalue weighted by molar-refractivity contribution is -0.140. The second kappa shape index (κ2) is 12.9. The van der Waals surface area contributed by atoms with Crippen molar-refractivity contribution in [1.82, 2.24) is 10.2 Å². The summed E-state index contributed by atoms with van der Waals surface area (Å²) >= 11 is 0. The average Bonchev–Trinajstić information content (AvgIpc) is 2.85. The minimum atomic E-state index is -3.81. The van der Waals surface area contributed by atoms with E-state index < -0.39 is 28.5 Å². The van der Waals surface area contributed by atoms with Gasteiger partial charge in [-0.1, -0.05) is 78.4 Å². The molecule has 3 aromatic rings. The van der Waals surface area contributed by atoms with E-state index in [0.29, 0.717) is 12.1 Å². The molecule has 0 aliphatic heterocycles. The van der Waals surface area contributed by atoms with Crippen molar-refractivity contribution >= 4 is 27.5 Å². The van der Waals surface area contributed by atoms with Crippen molar-refractivity contribution in [3.05, 3.63) is 101 Å². The number of amides is 2. The van der Waals surface area contributed by atoms with E-state index in [1.807, 2.05) is 107 Å². The third-order valence-corrected chi connectivity index (χ3v) is 7.62. The van der Waals surface area contributed by atoms with Crippen molar-refractivity contribution in [1.29, 1.82) is 0 Å². The minimum absolute atomic E-state index is 0.131. The SMILES string of the molecule is Cc1cccc(CN(C(=O)CN(c2c(C)cccc2C)S(C)(=O)=O)[C@H](Cc2ccccc2)C(=O)NC(C)C)c1. The molecule has 3 aromatic carbocycles. The number of sulfonamides is 1. The number of hydrogen-bond donors (Lipinski definition) is 1. The third kappa shape index (κ3) is 8.17. The Morgan fingerprint density at radius 1 is 0.846 bits per heavy atom. The Hall–Kier alpha value is -3.65. The first-order valence-electron chi connectivity index (χ1n) is 13.1. The molecule has 0 unspecified atom stereocenters. The molecule has 208 valence electrons. The topological polar surface area (TPSA) is 86.8 Å². The van der Waals surface area contributed by atoms with Gasteiger partial charge in [0.25, 0.3) is 0 Å². The fraction of sp³-hybridized carbons (Fsp3) is 0.355. The van der Waals surface area contributed by atoms with Gasteiger partial charge in [-0.15, -0.1) is 0 Å². The Labute approximate surface area is 232 Å². The van der Waals surface area contributed by atoms with Gasteiger partial charge < -0.3 is 10.2 Å². The number of benzene rings is 3. The number of nitrogens with zero attached hydrogens (tertiary/aromatic N) is 2. The number of nitrogens with one attached hydrogen (secondary N) is 1. The van der Waals surface area contributed by atoms with Crippen LogP contribution in [0.15, 0.2) is 72.8 Å². The van der Waals surface area contributed by atoms with Crippen molar-refractivity contribution in [3.63, 3.8) is 0 Å². The molecule has 0 aliphatic carbocycles. The summed E-state index contributed by atoms with van der Waals surface area (Å²) in [6, 6.07) is 21.8. The molecule has 7 nitrogen and oxygen atoms in total. The van der Waals surface area contributed by atoms with Crippen LogP contribution >= 0.6 is 0 Å². The van der Waals surface area contributed by atoms with E-state index in [4.69, 9.17) is 0 Å². The van der Waals surface area contributed by atoms with Crippen molar-refractivity contribution in [2.24, 2.45) is 0 Å².